The minimum Gasteiger partial charge on any atom is -0.325 e. The van der Waals surface area contributed by atoms with Gasteiger partial charge in [0.1, 0.15) is 6.33 Å². The lowest BCUT2D eigenvalue weighted by Crippen LogP contribution is -2.23. The van der Waals surface area contributed by atoms with Gasteiger partial charge in [-0.3, -0.25) is 9.36 Å². The number of primary sulfonamides is 1. The third-order valence-electron chi connectivity index (χ3n) is 3.99. The highest BCUT2D eigenvalue weighted by molar-refractivity contribution is 8.00. The molecule has 1 unspecified atom stereocenters. The average Bonchev–Trinajstić information content (AvgIpc) is 3.09. The van der Waals surface area contributed by atoms with E-state index in [1.54, 1.807) is 13.3 Å². The van der Waals surface area contributed by atoms with Crippen LogP contribution in [0, 0.1) is 6.92 Å². The number of carbonyl (C=O) groups excluding carboxylic acids is 1. The summed E-state index contributed by atoms with van der Waals surface area (Å²) in [5.41, 5.74) is 2.49. The first kappa shape index (κ1) is 20.1. The molecular formula is C18H19N5O3S2. The van der Waals surface area contributed by atoms with Gasteiger partial charge in [-0.15, -0.1) is 10.2 Å². The minimum atomic E-state index is -3.77. The van der Waals surface area contributed by atoms with E-state index in [9.17, 15) is 13.2 Å². The van der Waals surface area contributed by atoms with Gasteiger partial charge in [0.05, 0.1) is 15.8 Å². The zero-order valence-electron chi connectivity index (χ0n) is 15.2. The summed E-state index contributed by atoms with van der Waals surface area (Å²) < 4.78 is 24.4. The van der Waals surface area contributed by atoms with E-state index < -0.39 is 15.3 Å². The Morgan fingerprint density at radius 3 is 2.50 bits per heavy atom. The SMILES string of the molecule is Cc1ccccc1-n1cnnc1SC(C)C(=O)Nc1ccc(S(N)(=O)=O)cc1. The molecule has 0 spiro atoms. The number of anilines is 1. The van der Waals surface area contributed by atoms with Crippen molar-refractivity contribution in [2.24, 2.45) is 5.14 Å². The van der Waals surface area contributed by atoms with Gasteiger partial charge in [-0.25, -0.2) is 13.6 Å². The number of thioether (sulfide) groups is 1. The fourth-order valence-electron chi connectivity index (χ4n) is 2.49. The maximum absolute atomic E-state index is 12.5. The predicted molar refractivity (Wildman–Crippen MR) is 108 cm³/mol. The summed E-state index contributed by atoms with van der Waals surface area (Å²) in [4.78, 5) is 12.5. The van der Waals surface area contributed by atoms with Gasteiger partial charge in [0, 0.05) is 5.69 Å². The lowest BCUT2D eigenvalue weighted by Gasteiger charge is -2.13. The molecule has 8 nitrogen and oxygen atoms in total. The van der Waals surface area contributed by atoms with E-state index in [1.807, 2.05) is 35.8 Å². The van der Waals surface area contributed by atoms with Crippen molar-refractivity contribution in [3.8, 4) is 5.69 Å². The summed E-state index contributed by atoms with van der Waals surface area (Å²) in [6.45, 7) is 3.75. The van der Waals surface area contributed by atoms with Crippen molar-refractivity contribution in [3.63, 3.8) is 0 Å². The van der Waals surface area contributed by atoms with Crippen molar-refractivity contribution in [2.45, 2.75) is 29.1 Å². The van der Waals surface area contributed by atoms with Crippen LogP contribution in [0.4, 0.5) is 5.69 Å². The first-order valence-corrected chi connectivity index (χ1v) is 10.7. The molecule has 3 N–H and O–H groups in total. The molecule has 0 radical (unpaired) electrons. The van der Waals surface area contributed by atoms with Crippen LogP contribution >= 0.6 is 11.8 Å². The Bertz CT molecular complexity index is 1090. The first-order chi connectivity index (χ1) is 13.3. The monoisotopic (exact) mass is 417 g/mol. The maximum atomic E-state index is 12.5. The molecule has 1 amide bonds. The molecule has 0 aliphatic carbocycles. The molecule has 3 aromatic rings. The number of sulfonamides is 1. The molecule has 1 atom stereocenters. The van der Waals surface area contributed by atoms with Crippen LogP contribution in [0.5, 0.6) is 0 Å². The largest absolute Gasteiger partial charge is 0.325 e. The number of para-hydroxylation sites is 1. The Morgan fingerprint density at radius 1 is 1.18 bits per heavy atom. The Hall–Kier alpha value is -2.69. The number of benzene rings is 2. The zero-order chi connectivity index (χ0) is 20.3. The second kappa shape index (κ2) is 8.13. The van der Waals surface area contributed by atoms with Crippen LogP contribution in [-0.2, 0) is 14.8 Å². The third kappa shape index (κ3) is 4.58. The summed E-state index contributed by atoms with van der Waals surface area (Å²) in [5, 5.41) is 16.0. The van der Waals surface area contributed by atoms with Crippen molar-refractivity contribution >= 4 is 33.4 Å². The second-order valence-corrected chi connectivity index (χ2v) is 8.96. The van der Waals surface area contributed by atoms with Gasteiger partial charge in [-0.1, -0.05) is 30.0 Å². The lowest BCUT2D eigenvalue weighted by atomic mass is 10.2. The number of nitrogens with zero attached hydrogens (tertiary/aromatic N) is 3. The van der Waals surface area contributed by atoms with Crippen LogP contribution in [0.2, 0.25) is 0 Å². The Balaban J connectivity index is 1.70. The van der Waals surface area contributed by atoms with E-state index in [2.05, 4.69) is 15.5 Å². The van der Waals surface area contributed by atoms with Crippen LogP contribution in [0.25, 0.3) is 5.69 Å². The van der Waals surface area contributed by atoms with Gasteiger partial charge in [-0.05, 0) is 49.7 Å². The first-order valence-electron chi connectivity index (χ1n) is 8.32. The second-order valence-electron chi connectivity index (χ2n) is 6.09. The zero-order valence-corrected chi connectivity index (χ0v) is 16.9. The van der Waals surface area contributed by atoms with Crippen molar-refractivity contribution in [1.29, 1.82) is 0 Å². The number of nitrogens with two attached hydrogens (primary N) is 1. The van der Waals surface area contributed by atoms with Crippen molar-refractivity contribution in [3.05, 3.63) is 60.4 Å². The number of hydrogen-bond donors (Lipinski definition) is 2. The smallest absolute Gasteiger partial charge is 0.238 e. The quantitative estimate of drug-likeness (QED) is 0.594. The summed E-state index contributed by atoms with van der Waals surface area (Å²) in [5.74, 6) is -0.243. The topological polar surface area (TPSA) is 120 Å². The molecule has 0 saturated heterocycles. The van der Waals surface area contributed by atoms with Crippen LogP contribution in [0.3, 0.4) is 0 Å². The number of amides is 1. The number of rotatable bonds is 6. The van der Waals surface area contributed by atoms with E-state index in [0.717, 1.165) is 11.3 Å². The van der Waals surface area contributed by atoms with Crippen LogP contribution in [-0.4, -0.2) is 34.3 Å². The molecule has 146 valence electrons. The molecular weight excluding hydrogens is 398 g/mol. The van der Waals surface area contributed by atoms with Crippen LogP contribution in [0.15, 0.2) is 64.9 Å². The molecule has 1 aromatic heterocycles. The summed E-state index contributed by atoms with van der Waals surface area (Å²) >= 11 is 1.28. The minimum absolute atomic E-state index is 0.0146. The lowest BCUT2D eigenvalue weighted by molar-refractivity contribution is -0.115. The van der Waals surface area contributed by atoms with E-state index in [4.69, 9.17) is 5.14 Å². The molecule has 0 bridgehead atoms. The van der Waals surface area contributed by atoms with E-state index in [1.165, 1.54) is 36.0 Å². The van der Waals surface area contributed by atoms with Gasteiger partial charge in [0.15, 0.2) is 5.16 Å². The van der Waals surface area contributed by atoms with E-state index in [-0.39, 0.29) is 10.8 Å². The highest BCUT2D eigenvalue weighted by atomic mass is 32.2. The molecule has 10 heteroatoms. The molecule has 3 rings (SSSR count). The van der Waals surface area contributed by atoms with Crippen LogP contribution < -0.4 is 10.5 Å². The third-order valence-corrected chi connectivity index (χ3v) is 5.98. The maximum Gasteiger partial charge on any atom is 0.238 e. The number of hydrogen-bond acceptors (Lipinski definition) is 6. The standard InChI is InChI=1S/C18H19N5O3S2/c1-12-5-3-4-6-16(12)23-11-20-22-18(23)27-13(2)17(24)21-14-7-9-15(10-8-14)28(19,25)26/h3-11,13H,1-2H3,(H,21,24)(H2,19,25,26). The summed E-state index contributed by atoms with van der Waals surface area (Å²) in [6.07, 6.45) is 1.61. The van der Waals surface area contributed by atoms with Gasteiger partial charge >= 0.3 is 0 Å². The number of aryl methyl sites for hydroxylation is 1. The van der Waals surface area contributed by atoms with Crippen molar-refractivity contribution in [1.82, 2.24) is 14.8 Å². The predicted octanol–water partition coefficient (Wildman–Crippen LogP) is 2.34. The Labute approximate surface area is 167 Å². The van der Waals surface area contributed by atoms with Gasteiger partial charge in [0.2, 0.25) is 15.9 Å². The van der Waals surface area contributed by atoms with E-state index in [0.29, 0.717) is 10.8 Å². The number of aromatic nitrogens is 3. The highest BCUT2D eigenvalue weighted by Crippen LogP contribution is 2.26. The average molecular weight is 418 g/mol. The fourth-order valence-corrected chi connectivity index (χ4v) is 3.84. The molecule has 0 aliphatic rings. The molecule has 2 aromatic carbocycles. The molecule has 28 heavy (non-hydrogen) atoms. The Morgan fingerprint density at radius 2 is 1.86 bits per heavy atom. The number of carbonyl (C=O) groups is 1. The molecule has 0 aliphatic heterocycles. The van der Waals surface area contributed by atoms with Crippen LogP contribution in [0.1, 0.15) is 12.5 Å². The highest BCUT2D eigenvalue weighted by Gasteiger charge is 2.19. The fraction of sp³-hybridized carbons (Fsp3) is 0.167. The van der Waals surface area contributed by atoms with Crippen molar-refractivity contribution in [2.75, 3.05) is 5.32 Å². The van der Waals surface area contributed by atoms with E-state index >= 15 is 0 Å². The number of nitrogens with one attached hydrogen (secondary N) is 1. The van der Waals surface area contributed by atoms with Gasteiger partial charge in [-0.2, -0.15) is 0 Å². The van der Waals surface area contributed by atoms with Gasteiger partial charge < -0.3 is 5.32 Å². The normalized spacial score (nSPS) is 12.5. The summed E-state index contributed by atoms with van der Waals surface area (Å²) in [7, 11) is -3.77. The van der Waals surface area contributed by atoms with Gasteiger partial charge in [0.25, 0.3) is 0 Å². The molecule has 1 heterocycles. The summed E-state index contributed by atoms with van der Waals surface area (Å²) in [6, 6.07) is 13.5. The molecule has 0 saturated carbocycles. The Kier molecular flexibility index (Phi) is 5.82. The molecule has 0 fully saturated rings. The van der Waals surface area contributed by atoms with Crippen molar-refractivity contribution < 1.29 is 13.2 Å².